The highest BCUT2D eigenvalue weighted by Gasteiger charge is 2.05. The summed E-state index contributed by atoms with van der Waals surface area (Å²) in [5.74, 6) is 0. The van der Waals surface area contributed by atoms with Crippen LogP contribution < -0.4 is 0 Å². The molecule has 2 nitrogen and oxygen atoms in total. The van der Waals surface area contributed by atoms with Gasteiger partial charge < -0.3 is 0 Å². The summed E-state index contributed by atoms with van der Waals surface area (Å²) >= 11 is 3.43. The van der Waals surface area contributed by atoms with Gasteiger partial charge in [-0.3, -0.25) is 0 Å². The first-order valence-electron chi connectivity index (χ1n) is 4.73. The van der Waals surface area contributed by atoms with Crippen molar-refractivity contribution in [1.29, 1.82) is 5.26 Å². The van der Waals surface area contributed by atoms with Crippen molar-refractivity contribution in [3.8, 4) is 6.07 Å². The van der Waals surface area contributed by atoms with Crippen LogP contribution >= 0.6 is 15.9 Å². The molecule has 0 saturated heterocycles. The van der Waals surface area contributed by atoms with Gasteiger partial charge in [-0.1, -0.05) is 19.1 Å². The molecular weight excluding hydrogens is 252 g/mol. The minimum atomic E-state index is 0.489. The average molecular weight is 261 g/mol. The lowest BCUT2D eigenvalue weighted by Crippen LogP contribution is -1.88. The molecule has 0 atom stereocenters. The Hall–Kier alpha value is -1.40. The summed E-state index contributed by atoms with van der Waals surface area (Å²) in [7, 11) is 0. The topological polar surface area (TPSA) is 36.7 Å². The monoisotopic (exact) mass is 260 g/mol. The van der Waals surface area contributed by atoms with Crippen molar-refractivity contribution in [3.05, 3.63) is 40.1 Å². The van der Waals surface area contributed by atoms with Crippen LogP contribution in [0.5, 0.6) is 0 Å². The standard InChI is InChI=1S/C12H9BrN2/c1-2-8-3-4-9-10(5-8)12(6-14)15-7-11(9)13/h3-5,7H,2H2,1H3. The molecule has 0 bridgehead atoms. The zero-order valence-electron chi connectivity index (χ0n) is 8.29. The second kappa shape index (κ2) is 4.00. The maximum absolute atomic E-state index is 8.96. The fourth-order valence-corrected chi connectivity index (χ4v) is 2.01. The lowest BCUT2D eigenvalue weighted by molar-refractivity contribution is 1.14. The molecule has 2 aromatic rings. The Balaban J connectivity index is 2.84. The second-order valence-corrected chi connectivity index (χ2v) is 4.15. The van der Waals surface area contributed by atoms with E-state index in [1.807, 2.05) is 12.1 Å². The number of hydrogen-bond donors (Lipinski definition) is 0. The number of nitriles is 1. The van der Waals surface area contributed by atoms with E-state index >= 15 is 0 Å². The van der Waals surface area contributed by atoms with E-state index in [-0.39, 0.29) is 0 Å². The first-order valence-corrected chi connectivity index (χ1v) is 5.52. The Bertz CT molecular complexity index is 555. The highest BCUT2D eigenvalue weighted by molar-refractivity contribution is 9.10. The Morgan fingerprint density at radius 3 is 2.87 bits per heavy atom. The van der Waals surface area contributed by atoms with Crippen LogP contribution in [0.25, 0.3) is 10.8 Å². The van der Waals surface area contributed by atoms with E-state index in [1.165, 1.54) is 5.56 Å². The third kappa shape index (κ3) is 1.73. The molecule has 0 unspecified atom stereocenters. The maximum atomic E-state index is 8.96. The van der Waals surface area contributed by atoms with Gasteiger partial charge in [0.1, 0.15) is 11.8 Å². The summed E-state index contributed by atoms with van der Waals surface area (Å²) in [5.41, 5.74) is 1.71. The van der Waals surface area contributed by atoms with Crippen LogP contribution in [0, 0.1) is 11.3 Å². The fraction of sp³-hybridized carbons (Fsp3) is 0.167. The van der Waals surface area contributed by atoms with Gasteiger partial charge in [0, 0.05) is 21.4 Å². The summed E-state index contributed by atoms with van der Waals surface area (Å²) < 4.78 is 0.930. The number of fused-ring (bicyclic) bond motifs is 1. The van der Waals surface area contributed by atoms with Gasteiger partial charge in [0.05, 0.1) is 0 Å². The summed E-state index contributed by atoms with van der Waals surface area (Å²) in [6.07, 6.45) is 2.64. The van der Waals surface area contributed by atoms with E-state index in [1.54, 1.807) is 6.20 Å². The summed E-state index contributed by atoms with van der Waals surface area (Å²) in [6.45, 7) is 2.10. The molecule has 0 N–H and O–H groups in total. The van der Waals surface area contributed by atoms with Gasteiger partial charge >= 0.3 is 0 Å². The average Bonchev–Trinajstić information content (AvgIpc) is 2.29. The quantitative estimate of drug-likeness (QED) is 0.788. The molecule has 0 aliphatic carbocycles. The fourth-order valence-electron chi connectivity index (χ4n) is 1.56. The number of benzene rings is 1. The minimum absolute atomic E-state index is 0.489. The SMILES string of the molecule is CCc1ccc2c(Br)cnc(C#N)c2c1. The lowest BCUT2D eigenvalue weighted by atomic mass is 10.1. The van der Waals surface area contributed by atoms with Crippen molar-refractivity contribution in [3.63, 3.8) is 0 Å². The van der Waals surface area contributed by atoms with Crippen LogP contribution in [-0.2, 0) is 6.42 Å². The van der Waals surface area contributed by atoms with E-state index < -0.39 is 0 Å². The molecule has 1 heterocycles. The molecule has 1 aromatic heterocycles. The molecule has 1 aromatic carbocycles. The number of rotatable bonds is 1. The molecular formula is C12H9BrN2. The molecule has 0 fully saturated rings. The highest BCUT2D eigenvalue weighted by atomic mass is 79.9. The van der Waals surface area contributed by atoms with Crippen LogP contribution in [-0.4, -0.2) is 4.98 Å². The summed E-state index contributed by atoms with van der Waals surface area (Å²) in [6, 6.07) is 8.26. The lowest BCUT2D eigenvalue weighted by Gasteiger charge is -2.04. The van der Waals surface area contributed by atoms with Crippen LogP contribution in [0.4, 0.5) is 0 Å². The molecule has 0 saturated carbocycles. The summed E-state index contributed by atoms with van der Waals surface area (Å²) in [5, 5.41) is 10.9. The predicted octanol–water partition coefficient (Wildman–Crippen LogP) is 3.43. The second-order valence-electron chi connectivity index (χ2n) is 3.30. The number of halogens is 1. The van der Waals surface area contributed by atoms with Crippen LogP contribution in [0.15, 0.2) is 28.9 Å². The number of aryl methyl sites for hydroxylation is 1. The van der Waals surface area contributed by atoms with Crippen molar-refractivity contribution in [2.75, 3.05) is 0 Å². The summed E-state index contributed by atoms with van der Waals surface area (Å²) in [4.78, 5) is 4.09. The van der Waals surface area contributed by atoms with Gasteiger partial charge in [0.2, 0.25) is 0 Å². The minimum Gasteiger partial charge on any atom is -0.244 e. The molecule has 0 aliphatic rings. The van der Waals surface area contributed by atoms with Gasteiger partial charge in [0.25, 0.3) is 0 Å². The van der Waals surface area contributed by atoms with Gasteiger partial charge in [0.15, 0.2) is 0 Å². The number of aromatic nitrogens is 1. The first-order chi connectivity index (χ1) is 7.26. The number of hydrogen-bond acceptors (Lipinski definition) is 2. The zero-order valence-corrected chi connectivity index (χ0v) is 9.87. The number of nitrogens with zero attached hydrogens (tertiary/aromatic N) is 2. The molecule has 0 aliphatic heterocycles. The Kier molecular flexibility index (Phi) is 2.70. The van der Waals surface area contributed by atoms with E-state index in [4.69, 9.17) is 5.26 Å². The third-order valence-corrected chi connectivity index (χ3v) is 3.05. The molecule has 3 heteroatoms. The van der Waals surface area contributed by atoms with Crippen molar-refractivity contribution in [2.24, 2.45) is 0 Å². The van der Waals surface area contributed by atoms with E-state index in [0.717, 1.165) is 21.7 Å². The zero-order chi connectivity index (χ0) is 10.8. The predicted molar refractivity (Wildman–Crippen MR) is 63.5 cm³/mol. The first kappa shape index (κ1) is 10.1. The van der Waals surface area contributed by atoms with Gasteiger partial charge in [-0.25, -0.2) is 4.98 Å². The van der Waals surface area contributed by atoms with Gasteiger partial charge in [-0.2, -0.15) is 5.26 Å². The van der Waals surface area contributed by atoms with Crippen molar-refractivity contribution in [2.45, 2.75) is 13.3 Å². The molecule has 0 radical (unpaired) electrons. The molecule has 0 amide bonds. The molecule has 0 spiro atoms. The normalized spacial score (nSPS) is 10.2. The molecule has 74 valence electrons. The highest BCUT2D eigenvalue weighted by Crippen LogP contribution is 2.26. The van der Waals surface area contributed by atoms with Gasteiger partial charge in [-0.15, -0.1) is 0 Å². The maximum Gasteiger partial charge on any atom is 0.148 e. The van der Waals surface area contributed by atoms with Crippen molar-refractivity contribution >= 4 is 26.7 Å². The Morgan fingerprint density at radius 2 is 2.20 bits per heavy atom. The van der Waals surface area contributed by atoms with Crippen LogP contribution in [0.1, 0.15) is 18.2 Å². The van der Waals surface area contributed by atoms with E-state index in [0.29, 0.717) is 5.69 Å². The van der Waals surface area contributed by atoms with Crippen molar-refractivity contribution in [1.82, 2.24) is 4.98 Å². The molecule has 15 heavy (non-hydrogen) atoms. The third-order valence-electron chi connectivity index (χ3n) is 2.42. The smallest absolute Gasteiger partial charge is 0.148 e. The van der Waals surface area contributed by atoms with E-state index in [2.05, 4.69) is 40.0 Å². The van der Waals surface area contributed by atoms with Crippen LogP contribution in [0.2, 0.25) is 0 Å². The van der Waals surface area contributed by atoms with E-state index in [9.17, 15) is 0 Å². The number of pyridine rings is 1. The molecule has 2 rings (SSSR count). The largest absolute Gasteiger partial charge is 0.244 e. The van der Waals surface area contributed by atoms with Crippen LogP contribution in [0.3, 0.4) is 0 Å². The van der Waals surface area contributed by atoms with Crippen molar-refractivity contribution < 1.29 is 0 Å². The van der Waals surface area contributed by atoms with Gasteiger partial charge in [-0.05, 0) is 34.0 Å². The Labute approximate surface area is 96.7 Å². The Morgan fingerprint density at radius 1 is 1.40 bits per heavy atom.